The van der Waals surface area contributed by atoms with E-state index >= 15 is 0 Å². The summed E-state index contributed by atoms with van der Waals surface area (Å²) in [5, 5.41) is 0. The van der Waals surface area contributed by atoms with Gasteiger partial charge in [0, 0.05) is 44.8 Å². The van der Waals surface area contributed by atoms with Crippen LogP contribution in [0, 0.1) is 77.4 Å². The number of carbonyl (C=O) groups excluding carboxylic acids is 6. The van der Waals surface area contributed by atoms with Crippen LogP contribution in [0.4, 0.5) is 0 Å². The van der Waals surface area contributed by atoms with Crippen molar-refractivity contribution >= 4 is 35.8 Å². The molecule has 2 aromatic carbocycles. The van der Waals surface area contributed by atoms with Crippen molar-refractivity contribution in [2.45, 2.75) is 323 Å². The van der Waals surface area contributed by atoms with Crippen LogP contribution in [-0.2, 0) is 68.4 Å². The van der Waals surface area contributed by atoms with Gasteiger partial charge in [-0.05, 0) is 312 Å². The lowest BCUT2D eigenvalue weighted by atomic mass is 9.46. The minimum absolute atomic E-state index is 0.170. The quantitative estimate of drug-likeness (QED) is 0.0603. The summed E-state index contributed by atoms with van der Waals surface area (Å²) in [7, 11) is 0. The lowest BCUT2D eigenvalue weighted by molar-refractivity contribution is -0.195. The van der Waals surface area contributed by atoms with E-state index in [4.69, 9.17) is 28.4 Å². The summed E-state index contributed by atoms with van der Waals surface area (Å²) in [5.41, 5.74) is 4.86. The maximum Gasteiger partial charge on any atom is 0.333 e. The molecule has 7 unspecified atom stereocenters. The highest BCUT2D eigenvalue weighted by molar-refractivity contribution is 5.89. The van der Waals surface area contributed by atoms with Gasteiger partial charge in [-0.3, -0.25) is 0 Å². The molecule has 12 heteroatoms. The van der Waals surface area contributed by atoms with Crippen LogP contribution < -0.4 is 0 Å². The molecule has 0 spiro atoms. The topological polar surface area (TPSA) is 158 Å². The number of benzene rings is 2. The predicted molar refractivity (Wildman–Crippen MR) is 416 cm³/mol. The molecule has 14 rings (SSSR count). The zero-order valence-corrected chi connectivity index (χ0v) is 66.9. The molecule has 12 fully saturated rings. The van der Waals surface area contributed by atoms with Gasteiger partial charge in [-0.1, -0.05) is 147 Å². The van der Waals surface area contributed by atoms with Crippen LogP contribution in [-0.4, -0.2) is 58.2 Å². The number of ether oxygens (including phenoxy) is 6. The van der Waals surface area contributed by atoms with Crippen LogP contribution >= 0.6 is 0 Å². The lowest BCUT2D eigenvalue weighted by Gasteiger charge is -2.61. The van der Waals surface area contributed by atoms with Gasteiger partial charge in [0.1, 0.15) is 33.6 Å². The average Bonchev–Trinajstić information content (AvgIpc) is 1.50. The predicted octanol–water partition coefficient (Wildman–Crippen LogP) is 22.4. The van der Waals surface area contributed by atoms with Crippen LogP contribution in [0.1, 0.15) is 299 Å². The van der Waals surface area contributed by atoms with Crippen molar-refractivity contribution in [1.29, 1.82) is 0 Å². The zero-order valence-electron chi connectivity index (χ0n) is 66.9. The summed E-state index contributed by atoms with van der Waals surface area (Å²) < 4.78 is 34.6. The van der Waals surface area contributed by atoms with Crippen molar-refractivity contribution in [1.82, 2.24) is 0 Å². The molecule has 104 heavy (non-hydrogen) atoms. The fourth-order valence-electron chi connectivity index (χ4n) is 21.2. The lowest BCUT2D eigenvalue weighted by Crippen LogP contribution is -2.57. The SMILES string of the molecule is C=C(C)C(=O)OC(C)(C)C12CC3CC(CC(C3)C1)C2.C=C(C)C(=O)OC1(C(C)C)CC2CC1C1C3CCC(C3)C21.C=C(C)C(=O)OC1(C(C)C)CCCC1.C=C(C)C(=O)OC1(CC)CCCC1.C=C(C)C(=O)OC1(c2ccc(C)cc2)CCCCC1.C=C(C)C(=O)OC1(c2ccccc2)CCCCC1. The molecule has 12 aliphatic carbocycles. The number of fused-ring (bicyclic) bond motifs is 9. The maximum absolute atomic E-state index is 12.2. The fourth-order valence-corrected chi connectivity index (χ4v) is 21.2. The Morgan fingerprint density at radius 3 is 1.25 bits per heavy atom. The van der Waals surface area contributed by atoms with Gasteiger partial charge in [-0.2, -0.15) is 0 Å². The van der Waals surface area contributed by atoms with Gasteiger partial charge in [0.05, 0.1) is 0 Å². The fraction of sp³-hybridized carbons (Fsp3) is 0.674. The molecule has 0 radical (unpaired) electrons. The molecule has 574 valence electrons. The summed E-state index contributed by atoms with van der Waals surface area (Å²) in [6.45, 7) is 49.5. The van der Waals surface area contributed by atoms with E-state index in [1.54, 1.807) is 41.5 Å². The second-order valence-electron chi connectivity index (χ2n) is 35.6. The second-order valence-corrected chi connectivity index (χ2v) is 35.6. The Bertz CT molecular complexity index is 3350. The number of esters is 6. The standard InChI is InChI=1S/C19H28O2.C17H26O2.C17H22O2.C16H20O2.C12H20O2.C11H18O2/c1-10(2)18(20)21-19(11(3)4)9-14-8-15(19)17-13-6-5-12(7-13)16(14)17;1-11(2)15(18)19-16(3,4)17-8-12-5-13(9-17)7-14(6-12)10-17;1-13(2)16(18)19-17(11-5-4-6-12-17)15-9-7-14(3)8-10-15;1-13(2)15(17)18-16(11-7-4-8-12-16)14-9-5-3-6-10-14;1-9(2)11(13)14-12(10(3)4)7-5-6-8-12;1-4-11(7-5-6-8-11)13-10(12)9(2)3/h11-17H,1,5-9H2,2-4H3;12-14H,1,5-10H2,2-4H3;7-10H,1,4-6,11-12H2,2-3H3;3,5-6,9-10H,1,4,7-8,11-12H2,2H3;10H,1,5-8H2,2-4H3;2,4-8H2,1,3H3. The van der Waals surface area contributed by atoms with Crippen LogP contribution in [0.15, 0.2) is 128 Å². The molecule has 0 amide bonds. The molecule has 12 aliphatic rings. The number of carbonyl (C=O) groups is 6. The van der Waals surface area contributed by atoms with Gasteiger partial charge in [0.25, 0.3) is 0 Å². The van der Waals surface area contributed by atoms with Crippen molar-refractivity contribution in [2.75, 3.05) is 0 Å². The smallest absolute Gasteiger partial charge is 0.333 e. The average molecular weight is 1430 g/mol. The van der Waals surface area contributed by atoms with E-state index in [2.05, 4.69) is 131 Å². The zero-order chi connectivity index (χ0) is 76.3. The van der Waals surface area contributed by atoms with Crippen LogP contribution in [0.3, 0.4) is 0 Å². The molecule has 8 bridgehead atoms. The molecule has 0 aromatic heterocycles. The Labute approximate surface area is 627 Å². The number of hydrogen-bond donors (Lipinski definition) is 0. The first-order valence-corrected chi connectivity index (χ1v) is 40.5. The van der Waals surface area contributed by atoms with Crippen molar-refractivity contribution in [3.63, 3.8) is 0 Å². The third-order valence-corrected chi connectivity index (χ3v) is 26.9. The third-order valence-electron chi connectivity index (χ3n) is 26.9. The molecule has 0 saturated heterocycles. The monoisotopic (exact) mass is 1430 g/mol. The first kappa shape index (κ1) is 83.3. The van der Waals surface area contributed by atoms with Gasteiger partial charge in [-0.25, -0.2) is 28.8 Å². The van der Waals surface area contributed by atoms with E-state index in [9.17, 15) is 28.8 Å². The maximum atomic E-state index is 12.2. The molecule has 0 aliphatic heterocycles. The number of aryl methyl sites for hydroxylation is 1. The Kier molecular flexibility index (Phi) is 28.2. The van der Waals surface area contributed by atoms with Crippen LogP contribution in [0.5, 0.6) is 0 Å². The van der Waals surface area contributed by atoms with Crippen LogP contribution in [0.25, 0.3) is 0 Å². The second kappa shape index (κ2) is 35.2. The van der Waals surface area contributed by atoms with E-state index in [0.717, 1.165) is 148 Å². The van der Waals surface area contributed by atoms with E-state index in [1.807, 2.05) is 18.2 Å². The van der Waals surface area contributed by atoms with Crippen LogP contribution in [0.2, 0.25) is 0 Å². The summed E-state index contributed by atoms with van der Waals surface area (Å²) in [6.07, 6.45) is 35.0. The Balaban J connectivity index is 0.000000159. The van der Waals surface area contributed by atoms with Crippen molar-refractivity contribution < 1.29 is 57.2 Å². The van der Waals surface area contributed by atoms with Crippen molar-refractivity contribution in [2.24, 2.45) is 70.5 Å². The third kappa shape index (κ3) is 19.3. The van der Waals surface area contributed by atoms with Crippen molar-refractivity contribution in [3.8, 4) is 0 Å². The Hall–Kier alpha value is -6.30. The number of rotatable bonds is 18. The molecule has 0 heterocycles. The molecule has 12 nitrogen and oxygen atoms in total. The Morgan fingerprint density at radius 2 is 0.827 bits per heavy atom. The van der Waals surface area contributed by atoms with Gasteiger partial charge in [-0.15, -0.1) is 0 Å². The molecular weight excluding hydrogens is 1300 g/mol. The normalized spacial score (nSPS) is 28.9. The molecule has 0 N–H and O–H groups in total. The number of hydrogen-bond acceptors (Lipinski definition) is 12. The van der Waals surface area contributed by atoms with Gasteiger partial charge < -0.3 is 28.4 Å². The van der Waals surface area contributed by atoms with Gasteiger partial charge in [0.15, 0.2) is 0 Å². The first-order valence-electron chi connectivity index (χ1n) is 40.5. The summed E-state index contributed by atoms with van der Waals surface area (Å²) in [5.74, 6) is 7.22. The summed E-state index contributed by atoms with van der Waals surface area (Å²) in [4.78, 5) is 70.8. The largest absolute Gasteiger partial charge is 0.456 e. The van der Waals surface area contributed by atoms with Gasteiger partial charge in [0.2, 0.25) is 0 Å². The molecule has 7 atom stereocenters. The minimum atomic E-state index is -0.442. The molecule has 12 saturated carbocycles. The van der Waals surface area contributed by atoms with E-state index in [-0.39, 0.29) is 63.6 Å². The summed E-state index contributed by atoms with van der Waals surface area (Å²) >= 11 is 0. The van der Waals surface area contributed by atoms with Crippen molar-refractivity contribution in [3.05, 3.63) is 144 Å². The first-order chi connectivity index (χ1) is 49.0. The molecule has 2 aromatic rings. The van der Waals surface area contributed by atoms with E-state index in [1.165, 1.54) is 108 Å². The minimum Gasteiger partial charge on any atom is -0.456 e. The van der Waals surface area contributed by atoms with Gasteiger partial charge >= 0.3 is 35.8 Å². The highest BCUT2D eigenvalue weighted by Crippen LogP contribution is 2.72. The highest BCUT2D eigenvalue weighted by atomic mass is 16.6. The van der Waals surface area contributed by atoms with E-state index < -0.39 is 11.2 Å². The highest BCUT2D eigenvalue weighted by Gasteiger charge is 2.69. The Morgan fingerprint density at radius 1 is 0.433 bits per heavy atom. The van der Waals surface area contributed by atoms with E-state index in [0.29, 0.717) is 51.2 Å². The molecular formula is C92H134O12. The summed E-state index contributed by atoms with van der Waals surface area (Å²) in [6, 6.07) is 18.4.